The summed E-state index contributed by atoms with van der Waals surface area (Å²) in [5, 5.41) is 3.90. The molecule has 0 unspecified atom stereocenters. The van der Waals surface area contributed by atoms with E-state index in [4.69, 9.17) is 14.9 Å². The Bertz CT molecular complexity index is 1130. The van der Waals surface area contributed by atoms with Crippen LogP contribution in [0.15, 0.2) is 65.3 Å². The molecule has 1 fully saturated rings. The van der Waals surface area contributed by atoms with Crippen molar-refractivity contribution in [2.24, 2.45) is 11.7 Å². The quantitative estimate of drug-likeness (QED) is 0.533. The number of nitrogens with two attached hydrogens (primary N) is 1. The number of nitrogens with zero attached hydrogens (tertiary/aromatic N) is 1. The van der Waals surface area contributed by atoms with Crippen LogP contribution in [0.2, 0.25) is 0 Å². The summed E-state index contributed by atoms with van der Waals surface area (Å²) < 4.78 is 12.0. The van der Waals surface area contributed by atoms with Crippen LogP contribution in [-0.2, 0) is 16.0 Å². The second kappa shape index (κ2) is 10.3. The Hall–Kier alpha value is -3.32. The van der Waals surface area contributed by atoms with Crippen molar-refractivity contribution in [3.63, 3.8) is 0 Å². The molecule has 1 aliphatic heterocycles. The molecule has 1 aliphatic rings. The summed E-state index contributed by atoms with van der Waals surface area (Å²) in [5.74, 6) is 0.251. The number of hydrogen-bond acceptors (Lipinski definition) is 5. The first kappa shape index (κ1) is 23.8. The lowest BCUT2D eigenvalue weighted by Gasteiger charge is -2.31. The minimum absolute atomic E-state index is 0.0836. The highest BCUT2D eigenvalue weighted by Crippen LogP contribution is 2.30. The molecule has 0 saturated carbocycles. The van der Waals surface area contributed by atoms with Crippen molar-refractivity contribution in [1.82, 2.24) is 10.2 Å². The second-order valence-electron chi connectivity index (χ2n) is 9.41. The number of carbonyl (C=O) groups excluding carboxylic acids is 2. The van der Waals surface area contributed by atoms with Gasteiger partial charge < -0.3 is 25.1 Å². The molecule has 0 bridgehead atoms. The van der Waals surface area contributed by atoms with Crippen LogP contribution in [0.5, 0.6) is 5.75 Å². The van der Waals surface area contributed by atoms with Gasteiger partial charge in [-0.15, -0.1) is 0 Å². The zero-order valence-corrected chi connectivity index (χ0v) is 19.9. The van der Waals surface area contributed by atoms with Gasteiger partial charge in [0.2, 0.25) is 11.8 Å². The van der Waals surface area contributed by atoms with Gasteiger partial charge in [-0.3, -0.25) is 9.59 Å². The van der Waals surface area contributed by atoms with Gasteiger partial charge in [-0.1, -0.05) is 50.2 Å². The highest BCUT2D eigenvalue weighted by atomic mass is 16.5. The van der Waals surface area contributed by atoms with Crippen molar-refractivity contribution in [2.45, 2.75) is 57.8 Å². The summed E-state index contributed by atoms with van der Waals surface area (Å²) in [6.07, 6.45) is 2.96. The van der Waals surface area contributed by atoms with E-state index in [0.717, 1.165) is 22.3 Å². The predicted octanol–water partition coefficient (Wildman–Crippen LogP) is 3.51. The van der Waals surface area contributed by atoms with Crippen molar-refractivity contribution < 1.29 is 18.7 Å². The Kier molecular flexibility index (Phi) is 7.22. The topological polar surface area (TPSA) is 97.8 Å². The van der Waals surface area contributed by atoms with E-state index >= 15 is 0 Å². The van der Waals surface area contributed by atoms with E-state index < -0.39 is 12.1 Å². The van der Waals surface area contributed by atoms with E-state index in [0.29, 0.717) is 19.4 Å². The summed E-state index contributed by atoms with van der Waals surface area (Å²) >= 11 is 0. The Morgan fingerprint density at radius 3 is 2.53 bits per heavy atom. The van der Waals surface area contributed by atoms with Gasteiger partial charge in [0, 0.05) is 23.4 Å². The summed E-state index contributed by atoms with van der Waals surface area (Å²) in [6, 6.07) is 16.1. The number of nitrogens with one attached hydrogen (secondary N) is 1. The third-order valence-corrected chi connectivity index (χ3v) is 6.37. The predicted molar refractivity (Wildman–Crippen MR) is 131 cm³/mol. The maximum Gasteiger partial charge on any atom is 0.245 e. The molecule has 1 saturated heterocycles. The van der Waals surface area contributed by atoms with Gasteiger partial charge >= 0.3 is 0 Å². The number of para-hydroxylation sites is 2. The molecule has 7 nitrogen and oxygen atoms in total. The lowest BCUT2D eigenvalue weighted by molar-refractivity contribution is -0.138. The van der Waals surface area contributed by atoms with Gasteiger partial charge in [-0.05, 0) is 37.5 Å². The fourth-order valence-electron chi connectivity index (χ4n) is 4.54. The second-order valence-corrected chi connectivity index (χ2v) is 9.41. The maximum atomic E-state index is 13.7. The van der Waals surface area contributed by atoms with Crippen LogP contribution in [0.4, 0.5) is 0 Å². The van der Waals surface area contributed by atoms with E-state index in [-0.39, 0.29) is 29.9 Å². The molecule has 2 amide bonds. The minimum Gasteiger partial charge on any atom is -0.489 e. The minimum atomic E-state index is -0.685. The lowest BCUT2D eigenvalue weighted by atomic mass is 9.99. The van der Waals surface area contributed by atoms with Crippen molar-refractivity contribution in [1.29, 1.82) is 0 Å². The van der Waals surface area contributed by atoms with E-state index in [9.17, 15) is 9.59 Å². The lowest BCUT2D eigenvalue weighted by Crippen LogP contribution is -2.55. The Morgan fingerprint density at radius 1 is 1.12 bits per heavy atom. The molecular weight excluding hydrogens is 430 g/mol. The molecule has 0 radical (unpaired) electrons. The van der Waals surface area contributed by atoms with Crippen molar-refractivity contribution in [3.05, 3.63) is 66.4 Å². The fraction of sp³-hybridized carbons (Fsp3) is 0.407. The molecular formula is C27H33N3O4. The fourth-order valence-corrected chi connectivity index (χ4v) is 4.54. The zero-order valence-electron chi connectivity index (χ0n) is 19.9. The van der Waals surface area contributed by atoms with Gasteiger partial charge in [0.25, 0.3) is 0 Å². The van der Waals surface area contributed by atoms with Crippen LogP contribution in [0.3, 0.4) is 0 Å². The van der Waals surface area contributed by atoms with Crippen molar-refractivity contribution in [3.8, 4) is 5.75 Å². The molecule has 4 atom stereocenters. The number of carbonyl (C=O) groups is 2. The van der Waals surface area contributed by atoms with Crippen molar-refractivity contribution >= 4 is 22.8 Å². The zero-order chi connectivity index (χ0) is 24.2. The molecule has 3 aromatic rings. The number of likely N-dealkylation sites (tertiary alicyclic amines) is 1. The highest BCUT2D eigenvalue weighted by Gasteiger charge is 2.40. The van der Waals surface area contributed by atoms with Gasteiger partial charge in [0.1, 0.15) is 23.5 Å². The van der Waals surface area contributed by atoms with Crippen LogP contribution in [0.25, 0.3) is 11.0 Å². The molecule has 7 heteroatoms. The first-order valence-electron chi connectivity index (χ1n) is 11.9. The molecule has 34 heavy (non-hydrogen) atoms. The molecule has 4 rings (SSSR count). The number of rotatable bonds is 8. The SMILES string of the molecule is CC(C)[C@H](NC(=O)[C@H](C)N)C(=O)N1C[C@@H](Oc2ccccc2)C[C@H]1Cc1coc2ccccc12. The number of furan rings is 1. The summed E-state index contributed by atoms with van der Waals surface area (Å²) in [6.45, 7) is 5.92. The van der Waals surface area contributed by atoms with Gasteiger partial charge in [0.05, 0.1) is 18.8 Å². The Labute approximate surface area is 200 Å². The van der Waals surface area contributed by atoms with Crippen LogP contribution in [0.1, 0.15) is 32.8 Å². The van der Waals surface area contributed by atoms with E-state index in [1.807, 2.05) is 73.3 Å². The Balaban J connectivity index is 1.59. The number of fused-ring (bicyclic) bond motifs is 1. The first-order chi connectivity index (χ1) is 16.3. The summed E-state index contributed by atoms with van der Waals surface area (Å²) in [4.78, 5) is 27.9. The standard InChI is InChI=1S/C27H33N3O4/c1-17(2)25(29-26(31)18(3)28)27(32)30-15-22(34-21-9-5-4-6-10-21)14-20(30)13-19-16-33-24-12-8-7-11-23(19)24/h4-12,16-18,20,22,25H,13-15,28H2,1-3H3,(H,29,31)/t18-,20+,22-,25-/m0/s1. The molecule has 180 valence electrons. The number of amides is 2. The van der Waals surface area contributed by atoms with Gasteiger partial charge in [-0.2, -0.15) is 0 Å². The van der Waals surface area contributed by atoms with Crippen LogP contribution in [0, 0.1) is 5.92 Å². The third-order valence-electron chi connectivity index (χ3n) is 6.37. The van der Waals surface area contributed by atoms with E-state index in [1.165, 1.54) is 0 Å². The van der Waals surface area contributed by atoms with E-state index in [1.54, 1.807) is 13.2 Å². The summed E-state index contributed by atoms with van der Waals surface area (Å²) in [5.41, 5.74) is 7.63. The third kappa shape index (κ3) is 5.25. The average molecular weight is 464 g/mol. The molecule has 1 aromatic heterocycles. The van der Waals surface area contributed by atoms with Crippen LogP contribution in [-0.4, -0.2) is 47.5 Å². The smallest absolute Gasteiger partial charge is 0.245 e. The van der Waals surface area contributed by atoms with Gasteiger partial charge in [-0.25, -0.2) is 0 Å². The van der Waals surface area contributed by atoms with Gasteiger partial charge in [0.15, 0.2) is 0 Å². The largest absolute Gasteiger partial charge is 0.489 e. The number of ether oxygens (including phenoxy) is 1. The van der Waals surface area contributed by atoms with Crippen LogP contribution < -0.4 is 15.8 Å². The summed E-state index contributed by atoms with van der Waals surface area (Å²) in [7, 11) is 0. The maximum absolute atomic E-state index is 13.7. The molecule has 2 aromatic carbocycles. The van der Waals surface area contributed by atoms with E-state index in [2.05, 4.69) is 5.32 Å². The molecule has 2 heterocycles. The highest BCUT2D eigenvalue weighted by molar-refractivity contribution is 5.90. The first-order valence-corrected chi connectivity index (χ1v) is 11.9. The Morgan fingerprint density at radius 2 is 1.82 bits per heavy atom. The normalized spacial score (nSPS) is 19.9. The van der Waals surface area contributed by atoms with Crippen LogP contribution >= 0.6 is 0 Å². The number of benzene rings is 2. The molecule has 0 spiro atoms. The molecule has 0 aliphatic carbocycles. The average Bonchev–Trinajstić information content (AvgIpc) is 3.41. The monoisotopic (exact) mass is 463 g/mol. The number of hydrogen-bond donors (Lipinski definition) is 2. The van der Waals surface area contributed by atoms with Crippen molar-refractivity contribution in [2.75, 3.05) is 6.54 Å². The molecule has 3 N–H and O–H groups in total.